The summed E-state index contributed by atoms with van der Waals surface area (Å²) < 4.78 is 0. The van der Waals surface area contributed by atoms with E-state index in [4.69, 9.17) is 0 Å². The lowest BCUT2D eigenvalue weighted by atomic mass is 9.94. The van der Waals surface area contributed by atoms with Gasteiger partial charge < -0.3 is 0 Å². The molecule has 0 bridgehead atoms. The summed E-state index contributed by atoms with van der Waals surface area (Å²) in [6.07, 6.45) is 1.90. The molecule has 1 heterocycles. The van der Waals surface area contributed by atoms with Crippen LogP contribution in [0.3, 0.4) is 0 Å². The maximum atomic E-state index is 4.46. The molecule has 0 aliphatic carbocycles. The minimum atomic E-state index is 1.06. The molecule has 1 heteroatoms. The van der Waals surface area contributed by atoms with Gasteiger partial charge in [-0.3, -0.25) is 4.98 Å². The Balaban J connectivity index is 2.36. The van der Waals surface area contributed by atoms with Crippen LogP contribution in [0.25, 0.3) is 22.0 Å². The molecule has 0 fully saturated rings. The molecule has 94 valence electrons. The minimum absolute atomic E-state index is 1.06. The molecular formula is C18H17N. The van der Waals surface area contributed by atoms with Crippen LogP contribution in [-0.2, 0) is 0 Å². The van der Waals surface area contributed by atoms with Crippen LogP contribution < -0.4 is 0 Å². The normalized spacial score (nSPS) is 10.9. The zero-order chi connectivity index (χ0) is 13.4. The van der Waals surface area contributed by atoms with Crippen LogP contribution in [0.15, 0.2) is 48.7 Å². The van der Waals surface area contributed by atoms with Crippen molar-refractivity contribution in [2.75, 3.05) is 0 Å². The molecule has 2 aromatic carbocycles. The Morgan fingerprint density at radius 3 is 2.53 bits per heavy atom. The van der Waals surface area contributed by atoms with Gasteiger partial charge in [0.25, 0.3) is 0 Å². The number of fused-ring (bicyclic) bond motifs is 1. The summed E-state index contributed by atoms with van der Waals surface area (Å²) in [4.78, 5) is 4.46. The third-order valence-corrected chi connectivity index (χ3v) is 3.79. The maximum absolute atomic E-state index is 4.46. The van der Waals surface area contributed by atoms with Crippen LogP contribution in [0.5, 0.6) is 0 Å². The van der Waals surface area contributed by atoms with Crippen LogP contribution >= 0.6 is 0 Å². The van der Waals surface area contributed by atoms with E-state index in [9.17, 15) is 0 Å². The molecule has 0 aliphatic heterocycles. The number of benzene rings is 2. The van der Waals surface area contributed by atoms with Gasteiger partial charge in [-0.2, -0.15) is 0 Å². The van der Waals surface area contributed by atoms with Crippen molar-refractivity contribution in [3.05, 3.63) is 65.4 Å². The fourth-order valence-electron chi connectivity index (χ4n) is 2.54. The molecule has 0 atom stereocenters. The second kappa shape index (κ2) is 4.51. The van der Waals surface area contributed by atoms with Gasteiger partial charge in [-0.05, 0) is 61.2 Å². The fourth-order valence-corrected chi connectivity index (χ4v) is 2.54. The van der Waals surface area contributed by atoms with Crippen LogP contribution in [0.2, 0.25) is 0 Å². The molecule has 0 saturated heterocycles. The van der Waals surface area contributed by atoms with E-state index in [2.05, 4.69) is 68.2 Å². The first-order valence-corrected chi connectivity index (χ1v) is 6.59. The lowest BCUT2D eigenvalue weighted by molar-refractivity contribution is 1.33. The van der Waals surface area contributed by atoms with E-state index in [0.29, 0.717) is 0 Å². The van der Waals surface area contributed by atoms with Crippen molar-refractivity contribution in [2.24, 2.45) is 0 Å². The summed E-state index contributed by atoms with van der Waals surface area (Å²) in [5, 5.41) is 1.23. The number of hydrogen-bond acceptors (Lipinski definition) is 1. The minimum Gasteiger partial charge on any atom is -0.256 e. The van der Waals surface area contributed by atoms with Gasteiger partial charge in [0.15, 0.2) is 0 Å². The van der Waals surface area contributed by atoms with Gasteiger partial charge in [0.1, 0.15) is 0 Å². The topological polar surface area (TPSA) is 12.9 Å². The number of hydrogen-bond donors (Lipinski definition) is 0. The number of nitrogens with zero attached hydrogens (tertiary/aromatic N) is 1. The van der Waals surface area contributed by atoms with Crippen molar-refractivity contribution in [1.29, 1.82) is 0 Å². The SMILES string of the molecule is Cc1ccc2nccc(-c3cccc(C)c3C)c2c1. The van der Waals surface area contributed by atoms with Crippen molar-refractivity contribution in [1.82, 2.24) is 4.98 Å². The summed E-state index contributed by atoms with van der Waals surface area (Å²) >= 11 is 0. The highest BCUT2D eigenvalue weighted by atomic mass is 14.6. The number of rotatable bonds is 1. The molecule has 19 heavy (non-hydrogen) atoms. The molecule has 0 N–H and O–H groups in total. The number of aromatic nitrogens is 1. The Morgan fingerprint density at radius 1 is 0.842 bits per heavy atom. The molecule has 3 rings (SSSR count). The summed E-state index contributed by atoms with van der Waals surface area (Å²) in [7, 11) is 0. The zero-order valence-electron chi connectivity index (χ0n) is 11.6. The molecule has 1 nitrogen and oxygen atoms in total. The first kappa shape index (κ1) is 11.9. The van der Waals surface area contributed by atoms with E-state index >= 15 is 0 Å². The average Bonchev–Trinajstić information content (AvgIpc) is 2.41. The second-order valence-corrected chi connectivity index (χ2v) is 5.13. The van der Waals surface area contributed by atoms with E-state index in [0.717, 1.165) is 5.52 Å². The number of aryl methyl sites for hydroxylation is 2. The summed E-state index contributed by atoms with van der Waals surface area (Å²) in [6.45, 7) is 6.47. The van der Waals surface area contributed by atoms with E-state index in [-0.39, 0.29) is 0 Å². The van der Waals surface area contributed by atoms with Gasteiger partial charge in [-0.25, -0.2) is 0 Å². The predicted octanol–water partition coefficient (Wildman–Crippen LogP) is 4.83. The zero-order valence-corrected chi connectivity index (χ0v) is 11.6. The largest absolute Gasteiger partial charge is 0.256 e. The predicted molar refractivity (Wildman–Crippen MR) is 81.4 cm³/mol. The Kier molecular flexibility index (Phi) is 2.83. The first-order valence-electron chi connectivity index (χ1n) is 6.59. The van der Waals surface area contributed by atoms with Crippen LogP contribution in [0.1, 0.15) is 16.7 Å². The molecule has 0 amide bonds. The van der Waals surface area contributed by atoms with Gasteiger partial charge in [-0.15, -0.1) is 0 Å². The van der Waals surface area contributed by atoms with Gasteiger partial charge >= 0.3 is 0 Å². The Morgan fingerprint density at radius 2 is 1.68 bits per heavy atom. The first-order chi connectivity index (χ1) is 9.16. The van der Waals surface area contributed by atoms with E-state index < -0.39 is 0 Å². The molecule has 0 saturated carbocycles. The van der Waals surface area contributed by atoms with Crippen molar-refractivity contribution in [3.8, 4) is 11.1 Å². The highest BCUT2D eigenvalue weighted by Crippen LogP contribution is 2.31. The van der Waals surface area contributed by atoms with E-state index in [1.165, 1.54) is 33.2 Å². The highest BCUT2D eigenvalue weighted by Gasteiger charge is 2.08. The van der Waals surface area contributed by atoms with Crippen LogP contribution in [0.4, 0.5) is 0 Å². The molecule has 3 aromatic rings. The summed E-state index contributed by atoms with van der Waals surface area (Å²) in [5.74, 6) is 0. The maximum Gasteiger partial charge on any atom is 0.0708 e. The lowest BCUT2D eigenvalue weighted by Crippen LogP contribution is -1.90. The van der Waals surface area contributed by atoms with Gasteiger partial charge in [0.2, 0.25) is 0 Å². The van der Waals surface area contributed by atoms with Crippen LogP contribution in [-0.4, -0.2) is 4.98 Å². The van der Waals surface area contributed by atoms with Crippen molar-refractivity contribution in [3.63, 3.8) is 0 Å². The molecule has 0 unspecified atom stereocenters. The Labute approximate surface area is 113 Å². The van der Waals surface area contributed by atoms with Crippen molar-refractivity contribution in [2.45, 2.75) is 20.8 Å². The third kappa shape index (κ3) is 2.01. The number of pyridine rings is 1. The second-order valence-electron chi connectivity index (χ2n) is 5.13. The van der Waals surface area contributed by atoms with E-state index in [1.807, 2.05) is 6.20 Å². The van der Waals surface area contributed by atoms with Crippen LogP contribution in [0, 0.1) is 20.8 Å². The Hall–Kier alpha value is -2.15. The standard InChI is InChI=1S/C18H17N/c1-12-7-8-18-17(11-12)16(9-10-19-18)15-6-4-5-13(2)14(15)3/h4-11H,1-3H3. The smallest absolute Gasteiger partial charge is 0.0708 e. The fraction of sp³-hybridized carbons (Fsp3) is 0.167. The molecule has 0 spiro atoms. The molecule has 1 aromatic heterocycles. The monoisotopic (exact) mass is 247 g/mol. The van der Waals surface area contributed by atoms with Gasteiger partial charge in [-0.1, -0.05) is 29.8 Å². The van der Waals surface area contributed by atoms with Gasteiger partial charge in [0.05, 0.1) is 5.52 Å². The van der Waals surface area contributed by atoms with Crippen molar-refractivity contribution < 1.29 is 0 Å². The summed E-state index contributed by atoms with van der Waals surface area (Å²) in [5.41, 5.74) is 7.58. The van der Waals surface area contributed by atoms with Gasteiger partial charge in [0, 0.05) is 11.6 Å². The molecule has 0 aliphatic rings. The molecule has 0 radical (unpaired) electrons. The van der Waals surface area contributed by atoms with E-state index in [1.54, 1.807) is 0 Å². The third-order valence-electron chi connectivity index (χ3n) is 3.79. The average molecular weight is 247 g/mol. The lowest BCUT2D eigenvalue weighted by Gasteiger charge is -2.11. The quantitative estimate of drug-likeness (QED) is 0.600. The molecular weight excluding hydrogens is 230 g/mol. The Bertz CT molecular complexity index is 757. The highest BCUT2D eigenvalue weighted by molar-refractivity contribution is 5.95. The van der Waals surface area contributed by atoms with Crippen molar-refractivity contribution >= 4 is 10.9 Å². The summed E-state index contributed by atoms with van der Waals surface area (Å²) in [6, 6.07) is 15.0.